The average molecular weight is 491 g/mol. The van der Waals surface area contributed by atoms with Crippen molar-refractivity contribution in [1.29, 1.82) is 0 Å². The van der Waals surface area contributed by atoms with E-state index in [1.54, 1.807) is 12.1 Å². The molecule has 0 aliphatic heterocycles. The summed E-state index contributed by atoms with van der Waals surface area (Å²) >= 11 is 2.55. The SMILES string of the molecule is C[C@]1(I)CCCC(OCC(O)CNCc2ccc(OCC(=O)O)cc2)CC1. The molecule has 0 spiro atoms. The summed E-state index contributed by atoms with van der Waals surface area (Å²) < 4.78 is 11.4. The van der Waals surface area contributed by atoms with Crippen molar-refractivity contribution >= 4 is 28.6 Å². The van der Waals surface area contributed by atoms with Crippen molar-refractivity contribution in [2.75, 3.05) is 19.8 Å². The molecule has 0 heterocycles. The van der Waals surface area contributed by atoms with E-state index >= 15 is 0 Å². The van der Waals surface area contributed by atoms with Gasteiger partial charge in [-0.1, -0.05) is 41.6 Å². The van der Waals surface area contributed by atoms with Crippen molar-refractivity contribution in [1.82, 2.24) is 5.32 Å². The summed E-state index contributed by atoms with van der Waals surface area (Å²) in [6.45, 7) is 3.40. The lowest BCUT2D eigenvalue weighted by molar-refractivity contribution is -0.139. The summed E-state index contributed by atoms with van der Waals surface area (Å²) in [6.07, 6.45) is 5.46. The second kappa shape index (κ2) is 11.2. The lowest BCUT2D eigenvalue weighted by Gasteiger charge is -2.21. The molecule has 1 aliphatic carbocycles. The molecule has 3 atom stereocenters. The number of carbonyl (C=O) groups is 1. The second-order valence-electron chi connectivity index (χ2n) is 7.41. The van der Waals surface area contributed by atoms with Crippen LogP contribution in [0.5, 0.6) is 5.75 Å². The van der Waals surface area contributed by atoms with Crippen LogP contribution >= 0.6 is 22.6 Å². The van der Waals surface area contributed by atoms with E-state index in [0.717, 1.165) is 18.4 Å². The molecule has 6 nitrogen and oxygen atoms in total. The topological polar surface area (TPSA) is 88.0 Å². The minimum atomic E-state index is -0.996. The number of aliphatic hydroxyl groups is 1. The van der Waals surface area contributed by atoms with Crippen molar-refractivity contribution in [2.24, 2.45) is 0 Å². The quantitative estimate of drug-likeness (QED) is 0.265. The zero-order valence-electron chi connectivity index (χ0n) is 15.8. The molecule has 0 radical (unpaired) electrons. The van der Waals surface area contributed by atoms with E-state index in [1.165, 1.54) is 19.3 Å². The molecule has 27 heavy (non-hydrogen) atoms. The van der Waals surface area contributed by atoms with Crippen LogP contribution in [0.3, 0.4) is 0 Å². The summed E-state index contributed by atoms with van der Waals surface area (Å²) in [6, 6.07) is 7.23. The van der Waals surface area contributed by atoms with Gasteiger partial charge in [0.25, 0.3) is 0 Å². The number of rotatable bonds is 10. The number of aliphatic carboxylic acids is 1. The Morgan fingerprint density at radius 3 is 2.78 bits per heavy atom. The molecule has 152 valence electrons. The lowest BCUT2D eigenvalue weighted by Crippen LogP contribution is -2.31. The van der Waals surface area contributed by atoms with Crippen molar-refractivity contribution in [2.45, 2.75) is 61.2 Å². The zero-order chi connectivity index (χ0) is 19.7. The van der Waals surface area contributed by atoms with E-state index in [-0.39, 0.29) is 12.7 Å². The summed E-state index contributed by atoms with van der Waals surface area (Å²) in [5.41, 5.74) is 1.04. The van der Waals surface area contributed by atoms with Gasteiger partial charge in [-0.05, 0) is 49.8 Å². The number of nitrogens with one attached hydrogen (secondary N) is 1. The largest absolute Gasteiger partial charge is 0.482 e. The average Bonchev–Trinajstić information content (AvgIpc) is 2.79. The highest BCUT2D eigenvalue weighted by Gasteiger charge is 2.26. The Hall–Kier alpha value is -0.900. The third-order valence-corrected chi connectivity index (χ3v) is 5.81. The van der Waals surface area contributed by atoms with Crippen LogP contribution in [0.15, 0.2) is 24.3 Å². The predicted octanol–water partition coefficient (Wildman–Crippen LogP) is 3.14. The maximum Gasteiger partial charge on any atom is 0.341 e. The Labute approximate surface area is 174 Å². The van der Waals surface area contributed by atoms with Crippen LogP contribution in [0.4, 0.5) is 0 Å². The fourth-order valence-electron chi connectivity index (χ4n) is 3.13. The molecule has 3 N–H and O–H groups in total. The molecule has 1 aromatic carbocycles. The Balaban J connectivity index is 1.61. The summed E-state index contributed by atoms with van der Waals surface area (Å²) in [5, 5.41) is 21.9. The molecule has 0 aromatic heterocycles. The van der Waals surface area contributed by atoms with Crippen LogP contribution in [0.25, 0.3) is 0 Å². The molecule has 2 rings (SSSR count). The molecule has 1 saturated carbocycles. The number of alkyl halides is 1. The fourth-order valence-corrected chi connectivity index (χ4v) is 3.83. The Morgan fingerprint density at radius 2 is 2.07 bits per heavy atom. The van der Waals surface area contributed by atoms with Gasteiger partial charge >= 0.3 is 5.97 Å². The minimum Gasteiger partial charge on any atom is -0.482 e. The number of aliphatic hydroxyl groups excluding tert-OH is 1. The minimum absolute atomic E-state index is 0.259. The molecule has 1 aliphatic rings. The maximum atomic E-state index is 10.5. The van der Waals surface area contributed by atoms with Gasteiger partial charge in [0, 0.05) is 16.5 Å². The smallest absolute Gasteiger partial charge is 0.341 e. The highest BCUT2D eigenvalue weighted by atomic mass is 127. The summed E-state index contributed by atoms with van der Waals surface area (Å²) in [4.78, 5) is 10.5. The molecule has 0 saturated heterocycles. The lowest BCUT2D eigenvalue weighted by atomic mass is 10.0. The van der Waals surface area contributed by atoms with E-state index in [4.69, 9.17) is 14.6 Å². The summed E-state index contributed by atoms with van der Waals surface area (Å²) in [5.74, 6) is -0.468. The monoisotopic (exact) mass is 491 g/mol. The second-order valence-corrected chi connectivity index (χ2v) is 10.0. The number of ether oxygens (including phenoxy) is 2. The van der Waals surface area contributed by atoms with Gasteiger partial charge in [-0.25, -0.2) is 4.79 Å². The van der Waals surface area contributed by atoms with Gasteiger partial charge in [0.05, 0.1) is 18.8 Å². The van der Waals surface area contributed by atoms with Crippen LogP contribution in [-0.2, 0) is 16.1 Å². The van der Waals surface area contributed by atoms with Gasteiger partial charge in [-0.3, -0.25) is 0 Å². The maximum absolute atomic E-state index is 10.5. The van der Waals surface area contributed by atoms with Crippen LogP contribution in [0.2, 0.25) is 0 Å². The fraction of sp³-hybridized carbons (Fsp3) is 0.650. The molecule has 7 heteroatoms. The van der Waals surface area contributed by atoms with E-state index in [0.29, 0.717) is 28.9 Å². The normalized spacial score (nSPS) is 24.2. The van der Waals surface area contributed by atoms with Crippen molar-refractivity contribution in [3.05, 3.63) is 29.8 Å². The molecular weight excluding hydrogens is 461 g/mol. The highest BCUT2D eigenvalue weighted by Crippen LogP contribution is 2.35. The van der Waals surface area contributed by atoms with Gasteiger partial charge in [0.15, 0.2) is 6.61 Å². The molecular formula is C20H30INO5. The summed E-state index contributed by atoms with van der Waals surface area (Å²) in [7, 11) is 0. The number of benzene rings is 1. The molecule has 2 unspecified atom stereocenters. The third kappa shape index (κ3) is 9.23. The number of carboxylic acid groups (broad SMARTS) is 1. The standard InChI is InChI=1S/C20H30INO5/c1-20(21)9-2-3-17(8-10-20)26-13-16(23)12-22-11-15-4-6-18(7-5-15)27-14-19(24)25/h4-7,16-17,22-23H,2-3,8-14H2,1H3,(H,24,25)/t16?,17?,20-/m0/s1. The van der Waals surface area contributed by atoms with Crippen molar-refractivity contribution in [3.8, 4) is 5.75 Å². The third-order valence-electron chi connectivity index (χ3n) is 4.73. The first-order valence-corrected chi connectivity index (χ1v) is 10.5. The molecule has 1 fully saturated rings. The van der Waals surface area contributed by atoms with Gasteiger partial charge < -0.3 is 25.0 Å². The van der Waals surface area contributed by atoms with Gasteiger partial charge in [-0.2, -0.15) is 0 Å². The van der Waals surface area contributed by atoms with E-state index in [1.807, 2.05) is 12.1 Å². The number of hydrogen-bond acceptors (Lipinski definition) is 5. The van der Waals surface area contributed by atoms with Gasteiger partial charge in [0.1, 0.15) is 5.75 Å². The van der Waals surface area contributed by atoms with Crippen molar-refractivity contribution in [3.63, 3.8) is 0 Å². The molecule has 0 bridgehead atoms. The van der Waals surface area contributed by atoms with E-state index < -0.39 is 12.1 Å². The predicted molar refractivity (Wildman–Crippen MR) is 113 cm³/mol. The first-order chi connectivity index (χ1) is 12.8. The first kappa shape index (κ1) is 22.4. The van der Waals surface area contributed by atoms with Crippen LogP contribution < -0.4 is 10.1 Å². The number of halogens is 1. The Bertz CT molecular complexity index is 578. The van der Waals surface area contributed by atoms with Gasteiger partial charge in [-0.15, -0.1) is 0 Å². The van der Waals surface area contributed by atoms with Crippen LogP contribution in [0.1, 0.15) is 44.6 Å². The Kier molecular flexibility index (Phi) is 9.28. The van der Waals surface area contributed by atoms with Crippen LogP contribution in [-0.4, -0.2) is 51.6 Å². The first-order valence-electron chi connectivity index (χ1n) is 9.47. The van der Waals surface area contributed by atoms with Crippen molar-refractivity contribution < 1.29 is 24.5 Å². The highest BCUT2D eigenvalue weighted by molar-refractivity contribution is 14.1. The van der Waals surface area contributed by atoms with Crippen LogP contribution in [0, 0.1) is 0 Å². The van der Waals surface area contributed by atoms with E-state index in [2.05, 4.69) is 34.8 Å². The van der Waals surface area contributed by atoms with E-state index in [9.17, 15) is 9.90 Å². The number of carboxylic acids is 1. The van der Waals surface area contributed by atoms with Gasteiger partial charge in [0.2, 0.25) is 0 Å². The molecule has 0 amide bonds. The zero-order valence-corrected chi connectivity index (χ0v) is 18.0. The molecule has 1 aromatic rings. The Morgan fingerprint density at radius 1 is 1.33 bits per heavy atom. The number of hydrogen-bond donors (Lipinski definition) is 3.